The Kier molecular flexibility index (Phi) is 19.1. The fourth-order valence-electron chi connectivity index (χ4n) is 6.16. The number of hydrogen-bond acceptors (Lipinski definition) is 4. The van der Waals surface area contributed by atoms with E-state index in [0.29, 0.717) is 14.3 Å². The van der Waals surface area contributed by atoms with E-state index in [1.807, 2.05) is 0 Å². The number of hydrogen-bond donors (Lipinski definition) is 0. The maximum absolute atomic E-state index is 13.6. The van der Waals surface area contributed by atoms with Crippen molar-refractivity contribution in [1.29, 1.82) is 0 Å². The summed E-state index contributed by atoms with van der Waals surface area (Å²) in [4.78, 5) is 25.7. The zero-order chi connectivity index (χ0) is 50.6. The Morgan fingerprint density at radius 2 is 0.500 bits per heavy atom. The van der Waals surface area contributed by atoms with E-state index in [-0.39, 0.29) is 11.0 Å². The second kappa shape index (κ2) is 22.7. The molecule has 374 valence electrons. The Labute approximate surface area is 397 Å². The molecule has 70 heavy (non-hydrogen) atoms. The molecule has 0 aliphatic carbocycles. The third-order valence-electron chi connectivity index (χ3n) is 9.09. The molecule has 0 fully saturated rings. The van der Waals surface area contributed by atoms with Crippen molar-refractivity contribution in [2.75, 3.05) is 0 Å². The van der Waals surface area contributed by atoms with Crippen LogP contribution in [-0.4, -0.2) is 63.2 Å². The van der Waals surface area contributed by atoms with Crippen LogP contribution in [-0.2, 0) is 43.2 Å². The third kappa shape index (κ3) is 14.8. The van der Waals surface area contributed by atoms with Crippen molar-refractivity contribution in [3.8, 4) is 0 Å². The second-order valence-electron chi connectivity index (χ2n) is 13.8. The van der Waals surface area contributed by atoms with Gasteiger partial charge in [-0.05, 0) is 0 Å². The molecule has 4 N–H and O–H groups in total. The molecule has 0 atom stereocenters. The Morgan fingerprint density at radius 1 is 0.314 bits per heavy atom. The van der Waals surface area contributed by atoms with E-state index >= 15 is 0 Å². The fraction of sp³-hybridized carbons (Fsp3) is 0.136. The van der Waals surface area contributed by atoms with Gasteiger partial charge in [-0.2, -0.15) is 0 Å². The van der Waals surface area contributed by atoms with Crippen molar-refractivity contribution >= 4 is 66.6 Å². The van der Waals surface area contributed by atoms with Gasteiger partial charge in [0.15, 0.2) is 0 Å². The summed E-state index contributed by atoms with van der Waals surface area (Å²) in [6, 6.07) is 28.9. The van der Waals surface area contributed by atoms with Crippen LogP contribution in [0, 0.1) is 0 Å². The van der Waals surface area contributed by atoms with Crippen LogP contribution in [0.2, 0.25) is 0 Å². The Bertz CT molecular complexity index is 2360. The number of halogens is 18. The molecule has 0 unspecified atom stereocenters. The van der Waals surface area contributed by atoms with Gasteiger partial charge in [0.05, 0.1) is 0 Å². The van der Waals surface area contributed by atoms with Crippen LogP contribution in [0.5, 0.6) is 0 Å². The van der Waals surface area contributed by atoms with Gasteiger partial charge in [0.1, 0.15) is 0 Å². The van der Waals surface area contributed by atoms with Crippen LogP contribution in [0.15, 0.2) is 146 Å². The fourth-order valence-corrected chi connectivity index (χ4v) is 16.7. The first kappa shape index (κ1) is 58.8. The van der Waals surface area contributed by atoms with Gasteiger partial charge in [0, 0.05) is 0 Å². The molecule has 0 heterocycles. The zero-order valence-electron chi connectivity index (χ0n) is 34.3. The average molecular weight is 1230 g/mol. The summed E-state index contributed by atoms with van der Waals surface area (Å²) in [7, 11) is 0. The van der Waals surface area contributed by atoms with Crippen LogP contribution < -0.4 is 14.3 Å². The summed E-state index contributed by atoms with van der Waals surface area (Å²) in [5, 5.41) is 0. The Balaban J connectivity index is 0.000000360. The molecule has 0 aromatic heterocycles. The van der Waals surface area contributed by atoms with Gasteiger partial charge < -0.3 is 11.0 Å². The molecule has 0 saturated heterocycles. The van der Waals surface area contributed by atoms with E-state index in [2.05, 4.69) is 0 Å². The average Bonchev–Trinajstić information content (AvgIpc) is 3.26. The summed E-state index contributed by atoms with van der Waals surface area (Å²) in [6.07, 6.45) is -33.8. The number of carbonyl (C=O) groups excluding carboxylic acids is 2. The van der Waals surface area contributed by atoms with E-state index in [1.54, 1.807) is 72.8 Å². The van der Waals surface area contributed by atoms with Gasteiger partial charge in [0.2, 0.25) is 0 Å². The molecular formula is C44H28F18O6Sn2. The summed E-state index contributed by atoms with van der Waals surface area (Å²) < 4.78 is 254. The first-order valence-corrected chi connectivity index (χ1v) is 26.6. The maximum atomic E-state index is 13.6. The minimum absolute atomic E-state index is 0. The van der Waals surface area contributed by atoms with Gasteiger partial charge in [-0.25, -0.2) is 0 Å². The van der Waals surface area contributed by atoms with Gasteiger partial charge in [-0.3, -0.25) is 0 Å². The molecule has 26 heteroatoms. The SMILES string of the molecule is O.O.O=C([O][Sn]([c]1ccccc1)[c]1ccccc1)c1c(C(F)(F)F)cc(C(F)(F)F)cc1C(F)(F)F.O=C([O][Sn]([c]1ccccc1)[c]1ccccc1)c1c(C(F)(F)F)cc(C(F)(F)F)cc1C(F)(F)F. The number of benzene rings is 6. The molecule has 0 aliphatic rings. The van der Waals surface area contributed by atoms with Crippen LogP contribution in [0.4, 0.5) is 79.0 Å². The van der Waals surface area contributed by atoms with Crippen LogP contribution in [0.1, 0.15) is 54.1 Å². The summed E-state index contributed by atoms with van der Waals surface area (Å²) in [6.45, 7) is 0. The summed E-state index contributed by atoms with van der Waals surface area (Å²) in [5.41, 5.74) is -17.9. The molecule has 6 aromatic rings. The van der Waals surface area contributed by atoms with E-state index in [0.717, 1.165) is 0 Å². The van der Waals surface area contributed by atoms with E-state index in [4.69, 9.17) is 6.15 Å². The molecule has 0 saturated carbocycles. The molecule has 6 aromatic carbocycles. The van der Waals surface area contributed by atoms with Gasteiger partial charge in [0.25, 0.3) is 0 Å². The monoisotopic (exact) mass is 1230 g/mol. The molecule has 6 nitrogen and oxygen atoms in total. The van der Waals surface area contributed by atoms with Crippen molar-refractivity contribution in [3.05, 3.63) is 190 Å². The zero-order valence-corrected chi connectivity index (χ0v) is 40.0. The molecule has 0 spiro atoms. The molecule has 0 amide bonds. The van der Waals surface area contributed by atoms with Gasteiger partial charge >= 0.3 is 389 Å². The van der Waals surface area contributed by atoms with Crippen molar-refractivity contribution in [2.24, 2.45) is 0 Å². The van der Waals surface area contributed by atoms with Crippen molar-refractivity contribution in [3.63, 3.8) is 0 Å². The van der Waals surface area contributed by atoms with Crippen molar-refractivity contribution < 1.29 is 106 Å². The van der Waals surface area contributed by atoms with Crippen LogP contribution in [0.25, 0.3) is 0 Å². The van der Waals surface area contributed by atoms with E-state index in [9.17, 15) is 88.6 Å². The van der Waals surface area contributed by atoms with Crippen LogP contribution >= 0.6 is 0 Å². The first-order chi connectivity index (χ1) is 31.4. The third-order valence-corrected chi connectivity index (χ3v) is 21.1. The summed E-state index contributed by atoms with van der Waals surface area (Å²) in [5.74, 6) is -3.98. The molecule has 2 radical (unpaired) electrons. The topological polar surface area (TPSA) is 116 Å². The van der Waals surface area contributed by atoms with Crippen molar-refractivity contribution in [1.82, 2.24) is 0 Å². The number of rotatable bonds is 8. The molecule has 0 aliphatic heterocycles. The standard InChI is InChI=1S/2C10H3F9O2.4C6H5.2H2O.2Sn/c2*11-8(12,13)3-1-4(9(14,15)16)6(7(20)21)5(2-3)10(17,18)19;4*1-2-4-6-5-3-1;;;;/h2*1-2H,(H,20,21);4*1-5H;2*1H2;;/q;;;;;;;;2*+1/p-2. The number of carbonyl (C=O) groups is 2. The van der Waals surface area contributed by atoms with Crippen molar-refractivity contribution in [2.45, 2.75) is 37.1 Å². The Hall–Kier alpha value is -5.48. The van der Waals surface area contributed by atoms with E-state index in [1.165, 1.54) is 48.5 Å². The van der Waals surface area contributed by atoms with Gasteiger partial charge in [-0.1, -0.05) is 0 Å². The predicted octanol–water partition coefficient (Wildman–Crippen LogP) is 9.76. The first-order valence-electron chi connectivity index (χ1n) is 18.6. The summed E-state index contributed by atoms with van der Waals surface area (Å²) >= 11 is -7.81. The molecule has 0 bridgehead atoms. The minimum atomic E-state index is -5.70. The van der Waals surface area contributed by atoms with Crippen LogP contribution in [0.3, 0.4) is 0 Å². The molecule has 6 rings (SSSR count). The predicted molar refractivity (Wildman–Crippen MR) is 217 cm³/mol. The quantitative estimate of drug-likeness (QED) is 0.112. The number of alkyl halides is 18. The second-order valence-corrected chi connectivity index (χ2v) is 25.3. The van der Waals surface area contributed by atoms with E-state index < -0.39 is 158 Å². The van der Waals surface area contributed by atoms with Gasteiger partial charge in [-0.15, -0.1) is 0 Å². The molecular weight excluding hydrogens is 1200 g/mol. The Morgan fingerprint density at radius 3 is 0.657 bits per heavy atom. The normalized spacial score (nSPS) is 12.3.